The van der Waals surface area contributed by atoms with Crippen LogP contribution in [0.25, 0.3) is 0 Å². The number of aromatic nitrogens is 2. The number of unbranched alkanes of at least 4 members (excludes halogenated alkanes) is 2. The molecule has 4 nitrogen and oxygen atoms in total. The zero-order valence-electron chi connectivity index (χ0n) is 10.9. The number of thioether (sulfide) groups is 1. The molecule has 0 unspecified atom stereocenters. The first-order valence-electron chi connectivity index (χ1n) is 6.02. The maximum atomic E-state index is 4.35. The highest BCUT2D eigenvalue weighted by Crippen LogP contribution is 2.09. The van der Waals surface area contributed by atoms with E-state index in [-0.39, 0.29) is 0 Å². The molecule has 5 heteroatoms. The molecule has 2 N–H and O–H groups in total. The number of nitrogens with zero attached hydrogens (tertiary/aromatic N) is 2. The Morgan fingerprint density at radius 3 is 2.76 bits per heavy atom. The number of anilines is 2. The highest BCUT2D eigenvalue weighted by atomic mass is 32.2. The third-order valence-corrected chi connectivity index (χ3v) is 3.11. The summed E-state index contributed by atoms with van der Waals surface area (Å²) in [4.78, 5) is 8.60. The molecule has 96 valence electrons. The van der Waals surface area contributed by atoms with E-state index in [1.807, 2.05) is 31.8 Å². The van der Waals surface area contributed by atoms with Crippen molar-refractivity contribution in [3.63, 3.8) is 0 Å². The number of rotatable bonds is 8. The van der Waals surface area contributed by atoms with Crippen LogP contribution in [0.4, 0.5) is 11.8 Å². The minimum atomic E-state index is 0.676. The van der Waals surface area contributed by atoms with E-state index in [9.17, 15) is 0 Å². The van der Waals surface area contributed by atoms with Crippen molar-refractivity contribution < 1.29 is 0 Å². The average Bonchev–Trinajstić information content (AvgIpc) is 2.33. The van der Waals surface area contributed by atoms with Crippen molar-refractivity contribution in [1.82, 2.24) is 9.97 Å². The summed E-state index contributed by atoms with van der Waals surface area (Å²) in [5.74, 6) is 2.85. The van der Waals surface area contributed by atoms with E-state index in [0.29, 0.717) is 5.95 Å². The van der Waals surface area contributed by atoms with Crippen LogP contribution in [0.15, 0.2) is 6.07 Å². The molecule has 1 aromatic rings. The van der Waals surface area contributed by atoms with Gasteiger partial charge in [-0.25, -0.2) is 4.98 Å². The molecule has 0 radical (unpaired) electrons. The van der Waals surface area contributed by atoms with E-state index in [0.717, 1.165) is 18.1 Å². The van der Waals surface area contributed by atoms with Crippen LogP contribution in [-0.2, 0) is 0 Å². The molecule has 0 bridgehead atoms. The Labute approximate surface area is 108 Å². The van der Waals surface area contributed by atoms with E-state index < -0.39 is 0 Å². The van der Waals surface area contributed by atoms with Crippen molar-refractivity contribution in [1.29, 1.82) is 0 Å². The fourth-order valence-electron chi connectivity index (χ4n) is 1.54. The van der Waals surface area contributed by atoms with Crippen molar-refractivity contribution in [2.45, 2.75) is 26.2 Å². The third-order valence-electron chi connectivity index (χ3n) is 2.41. The summed E-state index contributed by atoms with van der Waals surface area (Å²) < 4.78 is 0. The van der Waals surface area contributed by atoms with Gasteiger partial charge in [-0.05, 0) is 31.8 Å². The molecule has 17 heavy (non-hydrogen) atoms. The Hall–Kier alpha value is -0.970. The standard InChI is InChI=1S/C12H22N4S/c1-10-9-11(16-12(13-2)15-10)14-7-5-4-6-8-17-3/h9H,4-8H2,1-3H3,(H2,13,14,15,16). The van der Waals surface area contributed by atoms with Gasteiger partial charge in [0.25, 0.3) is 0 Å². The molecular weight excluding hydrogens is 232 g/mol. The number of aryl methyl sites for hydroxylation is 1. The van der Waals surface area contributed by atoms with Crippen molar-refractivity contribution in [2.24, 2.45) is 0 Å². The molecule has 0 aliphatic carbocycles. The van der Waals surface area contributed by atoms with Crippen LogP contribution in [0.1, 0.15) is 25.0 Å². The molecule has 0 saturated heterocycles. The number of nitrogens with one attached hydrogen (secondary N) is 2. The lowest BCUT2D eigenvalue weighted by molar-refractivity contribution is 0.748. The van der Waals surface area contributed by atoms with Gasteiger partial charge in [0.15, 0.2) is 0 Å². The zero-order chi connectivity index (χ0) is 12.5. The molecule has 0 amide bonds. The summed E-state index contributed by atoms with van der Waals surface area (Å²) in [6.45, 7) is 2.96. The van der Waals surface area contributed by atoms with Crippen LogP contribution in [0, 0.1) is 6.92 Å². The molecule has 0 atom stereocenters. The van der Waals surface area contributed by atoms with Crippen LogP contribution >= 0.6 is 11.8 Å². The van der Waals surface area contributed by atoms with Crippen LogP contribution < -0.4 is 10.6 Å². The predicted octanol–water partition coefficient (Wildman–Crippen LogP) is 2.77. The monoisotopic (exact) mass is 254 g/mol. The van der Waals surface area contributed by atoms with Gasteiger partial charge in [-0.2, -0.15) is 16.7 Å². The van der Waals surface area contributed by atoms with E-state index in [4.69, 9.17) is 0 Å². The Kier molecular flexibility index (Phi) is 6.77. The Morgan fingerprint density at radius 1 is 1.24 bits per heavy atom. The van der Waals surface area contributed by atoms with E-state index in [2.05, 4.69) is 26.9 Å². The fourth-order valence-corrected chi connectivity index (χ4v) is 2.03. The van der Waals surface area contributed by atoms with Gasteiger partial charge in [0.1, 0.15) is 5.82 Å². The van der Waals surface area contributed by atoms with Crippen molar-refractivity contribution in [3.8, 4) is 0 Å². The van der Waals surface area contributed by atoms with E-state index in [1.54, 1.807) is 0 Å². The summed E-state index contributed by atoms with van der Waals surface area (Å²) >= 11 is 1.91. The van der Waals surface area contributed by atoms with Crippen LogP contribution in [-0.4, -0.2) is 35.6 Å². The van der Waals surface area contributed by atoms with Gasteiger partial charge in [0.05, 0.1) is 0 Å². The molecule has 0 aromatic carbocycles. The first-order valence-corrected chi connectivity index (χ1v) is 7.42. The lowest BCUT2D eigenvalue weighted by Gasteiger charge is -2.08. The summed E-state index contributed by atoms with van der Waals surface area (Å²) in [6.07, 6.45) is 5.92. The van der Waals surface area contributed by atoms with Gasteiger partial charge in [-0.3, -0.25) is 0 Å². The van der Waals surface area contributed by atoms with Gasteiger partial charge >= 0.3 is 0 Å². The molecule has 1 rings (SSSR count). The minimum Gasteiger partial charge on any atom is -0.370 e. The van der Waals surface area contributed by atoms with E-state index in [1.165, 1.54) is 25.0 Å². The first kappa shape index (κ1) is 14.1. The molecule has 1 aromatic heterocycles. The highest BCUT2D eigenvalue weighted by Gasteiger charge is 1.99. The Bertz CT molecular complexity index is 330. The van der Waals surface area contributed by atoms with Crippen molar-refractivity contribution >= 4 is 23.5 Å². The third kappa shape index (κ3) is 5.77. The van der Waals surface area contributed by atoms with Crippen LogP contribution in [0.3, 0.4) is 0 Å². The quantitative estimate of drug-likeness (QED) is 0.699. The lowest BCUT2D eigenvalue weighted by Crippen LogP contribution is -2.06. The molecule has 0 aliphatic heterocycles. The summed E-state index contributed by atoms with van der Waals surface area (Å²) in [7, 11) is 1.83. The summed E-state index contributed by atoms with van der Waals surface area (Å²) in [5, 5.41) is 6.30. The number of hydrogen-bond donors (Lipinski definition) is 2. The van der Waals surface area contributed by atoms with E-state index >= 15 is 0 Å². The smallest absolute Gasteiger partial charge is 0.224 e. The molecule has 0 saturated carbocycles. The van der Waals surface area contributed by atoms with Gasteiger partial charge in [-0.1, -0.05) is 6.42 Å². The topological polar surface area (TPSA) is 49.8 Å². The highest BCUT2D eigenvalue weighted by molar-refractivity contribution is 7.98. The second-order valence-electron chi connectivity index (χ2n) is 3.95. The molecule has 1 heterocycles. The second kappa shape index (κ2) is 8.17. The summed E-state index contributed by atoms with van der Waals surface area (Å²) in [6, 6.07) is 1.97. The normalized spacial score (nSPS) is 10.3. The minimum absolute atomic E-state index is 0.676. The van der Waals surface area contributed by atoms with Crippen LogP contribution in [0.5, 0.6) is 0 Å². The van der Waals surface area contributed by atoms with Crippen molar-refractivity contribution in [2.75, 3.05) is 36.2 Å². The van der Waals surface area contributed by atoms with Gasteiger partial charge in [0, 0.05) is 25.4 Å². The van der Waals surface area contributed by atoms with Crippen molar-refractivity contribution in [3.05, 3.63) is 11.8 Å². The fraction of sp³-hybridized carbons (Fsp3) is 0.667. The predicted molar refractivity (Wildman–Crippen MR) is 77.0 cm³/mol. The largest absolute Gasteiger partial charge is 0.370 e. The maximum absolute atomic E-state index is 4.35. The lowest BCUT2D eigenvalue weighted by atomic mass is 10.2. The molecule has 0 spiro atoms. The first-order chi connectivity index (χ1) is 8.26. The second-order valence-corrected chi connectivity index (χ2v) is 4.93. The van der Waals surface area contributed by atoms with Crippen LogP contribution in [0.2, 0.25) is 0 Å². The van der Waals surface area contributed by atoms with Gasteiger partial charge < -0.3 is 10.6 Å². The van der Waals surface area contributed by atoms with Gasteiger partial charge in [-0.15, -0.1) is 0 Å². The molecule has 0 fully saturated rings. The zero-order valence-corrected chi connectivity index (χ0v) is 11.7. The average molecular weight is 254 g/mol. The summed E-state index contributed by atoms with van der Waals surface area (Å²) in [5.41, 5.74) is 0.981. The molecule has 0 aliphatic rings. The number of hydrogen-bond acceptors (Lipinski definition) is 5. The molecular formula is C12H22N4S. The SMILES string of the molecule is CNc1nc(C)cc(NCCCCCSC)n1. The maximum Gasteiger partial charge on any atom is 0.224 e. The Balaban J connectivity index is 2.28. The van der Waals surface area contributed by atoms with Gasteiger partial charge in [0.2, 0.25) is 5.95 Å². The Morgan fingerprint density at radius 2 is 2.06 bits per heavy atom.